The van der Waals surface area contributed by atoms with E-state index in [2.05, 4.69) is 10.2 Å². The number of nitrogens with one attached hydrogen (secondary N) is 1. The average molecular weight is 407 g/mol. The van der Waals surface area contributed by atoms with E-state index in [1.54, 1.807) is 7.11 Å². The first-order valence-electron chi connectivity index (χ1n) is 9.73. The van der Waals surface area contributed by atoms with Crippen molar-refractivity contribution >= 4 is 26.7 Å². The van der Waals surface area contributed by atoms with Crippen LogP contribution >= 0.6 is 0 Å². The highest BCUT2D eigenvalue weighted by Gasteiger charge is 2.42. The van der Waals surface area contributed by atoms with Gasteiger partial charge in [-0.3, -0.25) is 9.69 Å². The van der Waals surface area contributed by atoms with Crippen LogP contribution < -0.4 is 5.32 Å². The zero-order valence-electron chi connectivity index (χ0n) is 16.0. The molecule has 28 heavy (non-hydrogen) atoms. The number of likely N-dealkylation sites (tertiary alicyclic amines) is 1. The van der Waals surface area contributed by atoms with Crippen LogP contribution in [0.3, 0.4) is 0 Å². The highest BCUT2D eigenvalue weighted by atomic mass is 32.2. The van der Waals surface area contributed by atoms with Crippen molar-refractivity contribution in [2.45, 2.75) is 38.0 Å². The van der Waals surface area contributed by atoms with Crippen LogP contribution in [0.4, 0.5) is 0 Å². The molecule has 2 aromatic rings. The minimum atomic E-state index is -3.18. The molecule has 1 aromatic carbocycles. The molecule has 2 aliphatic heterocycles. The Morgan fingerprint density at radius 2 is 1.96 bits per heavy atom. The van der Waals surface area contributed by atoms with E-state index in [9.17, 15) is 13.2 Å². The second kappa shape index (κ2) is 7.85. The number of hydrogen-bond donors (Lipinski definition) is 1. The van der Waals surface area contributed by atoms with Crippen molar-refractivity contribution in [1.29, 1.82) is 0 Å². The number of methoxy groups -OCH3 is 1. The molecule has 0 unspecified atom stereocenters. The molecule has 1 N–H and O–H groups in total. The summed E-state index contributed by atoms with van der Waals surface area (Å²) in [6.07, 6.45) is 3.31. The Kier molecular flexibility index (Phi) is 5.44. The van der Waals surface area contributed by atoms with Gasteiger partial charge in [0.05, 0.1) is 24.2 Å². The molecule has 2 atom stereocenters. The van der Waals surface area contributed by atoms with Gasteiger partial charge in [0.25, 0.3) is 5.91 Å². The van der Waals surface area contributed by atoms with Crippen LogP contribution in [0.25, 0.3) is 11.0 Å². The zero-order valence-corrected chi connectivity index (χ0v) is 16.8. The molecular weight excluding hydrogens is 380 g/mol. The maximum Gasteiger partial charge on any atom is 0.287 e. The molecule has 1 aromatic heterocycles. The first-order chi connectivity index (χ1) is 13.5. The van der Waals surface area contributed by atoms with Crippen LogP contribution in [-0.4, -0.2) is 63.0 Å². The number of furan rings is 1. The predicted octanol–water partition coefficient (Wildman–Crippen LogP) is 1.96. The summed E-state index contributed by atoms with van der Waals surface area (Å²) < 4.78 is 35.7. The number of carbonyl (C=O) groups is 1. The van der Waals surface area contributed by atoms with Gasteiger partial charge in [-0.1, -0.05) is 24.6 Å². The van der Waals surface area contributed by atoms with E-state index in [4.69, 9.17) is 9.15 Å². The van der Waals surface area contributed by atoms with Gasteiger partial charge in [-0.2, -0.15) is 0 Å². The van der Waals surface area contributed by atoms with Gasteiger partial charge in [-0.25, -0.2) is 8.42 Å². The second-order valence-electron chi connectivity index (χ2n) is 7.66. The summed E-state index contributed by atoms with van der Waals surface area (Å²) in [7, 11) is -1.61. The van der Waals surface area contributed by atoms with Crippen LogP contribution in [0.5, 0.6) is 0 Å². The van der Waals surface area contributed by atoms with E-state index in [1.165, 1.54) is 6.42 Å². The molecule has 2 aliphatic rings. The van der Waals surface area contributed by atoms with Crippen molar-refractivity contribution < 1.29 is 22.4 Å². The first kappa shape index (κ1) is 19.4. The third-order valence-electron chi connectivity index (χ3n) is 5.69. The highest BCUT2D eigenvalue weighted by Crippen LogP contribution is 2.28. The number of piperidine rings is 1. The van der Waals surface area contributed by atoms with Gasteiger partial charge in [-0.05, 0) is 32.0 Å². The molecule has 0 spiro atoms. The Morgan fingerprint density at radius 1 is 1.21 bits per heavy atom. The van der Waals surface area contributed by atoms with Crippen LogP contribution in [0, 0.1) is 0 Å². The number of nitrogens with zero attached hydrogens (tertiary/aromatic N) is 1. The number of carbonyl (C=O) groups excluding carboxylic acids is 1. The maximum atomic E-state index is 13.0. The van der Waals surface area contributed by atoms with Crippen LogP contribution in [-0.2, 0) is 21.2 Å². The number of rotatable bonds is 5. The minimum Gasteiger partial charge on any atom is -0.451 e. The van der Waals surface area contributed by atoms with E-state index in [-0.39, 0.29) is 35.8 Å². The van der Waals surface area contributed by atoms with Crippen molar-refractivity contribution in [1.82, 2.24) is 10.2 Å². The molecule has 3 heterocycles. The second-order valence-corrected chi connectivity index (χ2v) is 9.81. The lowest BCUT2D eigenvalue weighted by molar-refractivity contribution is 0.0868. The maximum absolute atomic E-state index is 13.0. The van der Waals surface area contributed by atoms with E-state index < -0.39 is 15.9 Å². The Balaban J connectivity index is 1.60. The molecule has 1 amide bonds. The van der Waals surface area contributed by atoms with E-state index in [1.807, 2.05) is 24.3 Å². The van der Waals surface area contributed by atoms with Crippen LogP contribution in [0.15, 0.2) is 28.7 Å². The van der Waals surface area contributed by atoms with Crippen molar-refractivity contribution in [3.05, 3.63) is 35.6 Å². The number of hydrogen-bond acceptors (Lipinski definition) is 6. The quantitative estimate of drug-likeness (QED) is 0.817. The van der Waals surface area contributed by atoms with Crippen molar-refractivity contribution in [3.8, 4) is 0 Å². The number of benzene rings is 1. The lowest BCUT2D eigenvalue weighted by Gasteiger charge is -2.34. The first-order valence-corrected chi connectivity index (χ1v) is 11.6. The Bertz CT molecular complexity index is 962. The number of sulfone groups is 1. The van der Waals surface area contributed by atoms with Crippen LogP contribution in [0.1, 0.15) is 35.4 Å². The fourth-order valence-corrected chi connectivity index (χ4v) is 6.33. The average Bonchev–Trinajstić information content (AvgIpc) is 3.20. The summed E-state index contributed by atoms with van der Waals surface area (Å²) in [6.45, 7) is 2.01. The number of amides is 1. The normalized spacial score (nSPS) is 25.2. The SMILES string of the molecule is COCc1c(C(=O)N[C@H]2CS(=O)(=O)C[C@@H]2N2CCCCC2)oc2ccccc12. The lowest BCUT2D eigenvalue weighted by Crippen LogP contribution is -2.52. The van der Waals surface area contributed by atoms with Gasteiger partial charge < -0.3 is 14.5 Å². The van der Waals surface area contributed by atoms with E-state index in [0.717, 1.165) is 31.3 Å². The van der Waals surface area contributed by atoms with Gasteiger partial charge in [0, 0.05) is 24.1 Å². The molecule has 8 heteroatoms. The monoisotopic (exact) mass is 406 g/mol. The van der Waals surface area contributed by atoms with Gasteiger partial charge in [-0.15, -0.1) is 0 Å². The smallest absolute Gasteiger partial charge is 0.287 e. The lowest BCUT2D eigenvalue weighted by atomic mass is 10.0. The Hall–Kier alpha value is -1.90. The van der Waals surface area contributed by atoms with Crippen molar-refractivity contribution in [3.63, 3.8) is 0 Å². The predicted molar refractivity (Wildman–Crippen MR) is 106 cm³/mol. The van der Waals surface area contributed by atoms with Crippen LogP contribution in [0.2, 0.25) is 0 Å². The number of ether oxygens (including phenoxy) is 1. The fraction of sp³-hybridized carbons (Fsp3) is 0.550. The Labute approximate surface area is 164 Å². The molecule has 0 bridgehead atoms. The molecule has 7 nitrogen and oxygen atoms in total. The zero-order chi connectivity index (χ0) is 19.7. The van der Waals surface area contributed by atoms with Crippen molar-refractivity contribution in [2.24, 2.45) is 0 Å². The summed E-state index contributed by atoms with van der Waals surface area (Å²) in [5.74, 6) is -0.111. The molecule has 4 rings (SSSR count). The summed E-state index contributed by atoms with van der Waals surface area (Å²) >= 11 is 0. The molecule has 0 saturated carbocycles. The summed E-state index contributed by atoms with van der Waals surface area (Å²) in [5.41, 5.74) is 1.30. The number of para-hydroxylation sites is 1. The Morgan fingerprint density at radius 3 is 2.71 bits per heavy atom. The summed E-state index contributed by atoms with van der Waals surface area (Å²) in [6, 6.07) is 6.82. The molecule has 0 aliphatic carbocycles. The van der Waals surface area contributed by atoms with Gasteiger partial charge in [0.2, 0.25) is 0 Å². The summed E-state index contributed by atoms with van der Waals surface area (Å²) in [5, 5.41) is 3.78. The molecular formula is C20H26N2O5S. The third kappa shape index (κ3) is 3.81. The van der Waals surface area contributed by atoms with Gasteiger partial charge >= 0.3 is 0 Å². The minimum absolute atomic E-state index is 0.0280. The standard InChI is InChI=1S/C20H26N2O5S/c1-26-11-15-14-7-3-4-8-18(14)27-19(15)20(23)21-16-12-28(24,25)13-17(16)22-9-5-2-6-10-22/h3-4,7-8,16-17H,2,5-6,9-13H2,1H3,(H,21,23)/t16-,17-/m0/s1. The fourth-order valence-electron chi connectivity index (χ4n) is 4.38. The molecule has 0 radical (unpaired) electrons. The summed E-state index contributed by atoms with van der Waals surface area (Å²) in [4.78, 5) is 15.2. The largest absolute Gasteiger partial charge is 0.451 e. The number of fused-ring (bicyclic) bond motifs is 1. The molecule has 2 saturated heterocycles. The third-order valence-corrected chi connectivity index (χ3v) is 7.41. The van der Waals surface area contributed by atoms with Gasteiger partial charge in [0.1, 0.15) is 5.58 Å². The van der Waals surface area contributed by atoms with Crippen molar-refractivity contribution in [2.75, 3.05) is 31.7 Å². The van der Waals surface area contributed by atoms with Gasteiger partial charge in [0.15, 0.2) is 15.6 Å². The highest BCUT2D eigenvalue weighted by molar-refractivity contribution is 7.91. The van der Waals surface area contributed by atoms with E-state index >= 15 is 0 Å². The molecule has 2 fully saturated rings. The topological polar surface area (TPSA) is 88.8 Å². The molecule has 152 valence electrons. The van der Waals surface area contributed by atoms with E-state index in [0.29, 0.717) is 11.1 Å².